The van der Waals surface area contributed by atoms with Gasteiger partial charge in [0.25, 0.3) is 0 Å². The first-order valence-corrected chi connectivity index (χ1v) is 4.36. The van der Waals surface area contributed by atoms with Crippen LogP contribution in [-0.2, 0) is 4.74 Å². The van der Waals surface area contributed by atoms with Crippen LogP contribution >= 0.6 is 0 Å². The SMILES string of the molecule is CC(C)OC(=O)c1cc(N)cc(N)c1. The molecular weight excluding hydrogens is 180 g/mol. The topological polar surface area (TPSA) is 78.3 Å². The summed E-state index contributed by atoms with van der Waals surface area (Å²) in [6.07, 6.45) is -0.148. The second-order valence-electron chi connectivity index (χ2n) is 3.34. The number of anilines is 2. The molecule has 0 atom stereocenters. The van der Waals surface area contributed by atoms with Crippen LogP contribution in [0.2, 0.25) is 0 Å². The Balaban J connectivity index is 2.90. The second-order valence-corrected chi connectivity index (χ2v) is 3.34. The highest BCUT2D eigenvalue weighted by atomic mass is 16.5. The highest BCUT2D eigenvalue weighted by molar-refractivity contribution is 5.91. The highest BCUT2D eigenvalue weighted by Crippen LogP contribution is 2.14. The summed E-state index contributed by atoms with van der Waals surface area (Å²) < 4.78 is 5.00. The summed E-state index contributed by atoms with van der Waals surface area (Å²) in [7, 11) is 0. The quantitative estimate of drug-likeness (QED) is 0.551. The summed E-state index contributed by atoms with van der Waals surface area (Å²) in [6.45, 7) is 3.57. The number of benzene rings is 1. The number of esters is 1. The molecule has 4 nitrogen and oxygen atoms in total. The zero-order chi connectivity index (χ0) is 10.7. The van der Waals surface area contributed by atoms with Crippen molar-refractivity contribution in [1.82, 2.24) is 0 Å². The van der Waals surface area contributed by atoms with E-state index < -0.39 is 5.97 Å². The van der Waals surface area contributed by atoms with Gasteiger partial charge >= 0.3 is 5.97 Å². The van der Waals surface area contributed by atoms with Crippen molar-refractivity contribution in [3.05, 3.63) is 23.8 Å². The van der Waals surface area contributed by atoms with Crippen molar-refractivity contribution < 1.29 is 9.53 Å². The number of carbonyl (C=O) groups excluding carboxylic acids is 1. The zero-order valence-corrected chi connectivity index (χ0v) is 8.28. The Labute approximate surface area is 82.8 Å². The van der Waals surface area contributed by atoms with Crippen molar-refractivity contribution in [1.29, 1.82) is 0 Å². The zero-order valence-electron chi connectivity index (χ0n) is 8.28. The van der Waals surface area contributed by atoms with Crippen LogP contribution in [0.1, 0.15) is 24.2 Å². The molecule has 0 saturated heterocycles. The molecular formula is C10H14N2O2. The predicted molar refractivity (Wildman–Crippen MR) is 55.8 cm³/mol. The molecule has 1 rings (SSSR count). The minimum Gasteiger partial charge on any atom is -0.459 e. The molecule has 0 fully saturated rings. The molecule has 0 aliphatic heterocycles. The van der Waals surface area contributed by atoms with Gasteiger partial charge in [-0.1, -0.05) is 0 Å². The lowest BCUT2D eigenvalue weighted by atomic mass is 10.2. The summed E-state index contributed by atoms with van der Waals surface area (Å²) in [4.78, 5) is 11.4. The lowest BCUT2D eigenvalue weighted by molar-refractivity contribution is 0.0378. The monoisotopic (exact) mass is 194 g/mol. The molecule has 0 aliphatic carbocycles. The van der Waals surface area contributed by atoms with Gasteiger partial charge in [-0.3, -0.25) is 0 Å². The first-order valence-electron chi connectivity index (χ1n) is 4.36. The van der Waals surface area contributed by atoms with Gasteiger partial charge in [-0.2, -0.15) is 0 Å². The average molecular weight is 194 g/mol. The van der Waals surface area contributed by atoms with Crippen LogP contribution in [0.5, 0.6) is 0 Å². The van der Waals surface area contributed by atoms with E-state index in [1.165, 1.54) is 0 Å². The van der Waals surface area contributed by atoms with Crippen molar-refractivity contribution in [2.45, 2.75) is 20.0 Å². The number of nitrogens with two attached hydrogens (primary N) is 2. The average Bonchev–Trinajstić information content (AvgIpc) is 2.00. The van der Waals surface area contributed by atoms with Crippen LogP contribution in [0.4, 0.5) is 11.4 Å². The molecule has 0 saturated carbocycles. The van der Waals surface area contributed by atoms with Gasteiger partial charge in [0.1, 0.15) is 0 Å². The number of carbonyl (C=O) groups is 1. The summed E-state index contributed by atoms with van der Waals surface area (Å²) in [6, 6.07) is 4.67. The predicted octanol–water partition coefficient (Wildman–Crippen LogP) is 1.42. The van der Waals surface area contributed by atoms with Gasteiger partial charge in [0, 0.05) is 11.4 Å². The van der Waals surface area contributed by atoms with Crippen LogP contribution in [-0.4, -0.2) is 12.1 Å². The van der Waals surface area contributed by atoms with Gasteiger partial charge in [0.2, 0.25) is 0 Å². The Hall–Kier alpha value is -1.71. The second kappa shape index (κ2) is 4.00. The standard InChI is InChI=1S/C10H14N2O2/c1-6(2)14-10(13)7-3-8(11)5-9(12)4-7/h3-6H,11-12H2,1-2H3. The van der Waals surface area contributed by atoms with Crippen molar-refractivity contribution in [2.24, 2.45) is 0 Å². The maximum atomic E-state index is 11.4. The molecule has 0 radical (unpaired) electrons. The van der Waals surface area contributed by atoms with E-state index in [4.69, 9.17) is 16.2 Å². The summed E-state index contributed by atoms with van der Waals surface area (Å²) >= 11 is 0. The molecule has 14 heavy (non-hydrogen) atoms. The van der Waals surface area contributed by atoms with E-state index in [2.05, 4.69) is 0 Å². The van der Waals surface area contributed by atoms with Crippen LogP contribution in [0.3, 0.4) is 0 Å². The smallest absolute Gasteiger partial charge is 0.338 e. The highest BCUT2D eigenvalue weighted by Gasteiger charge is 2.09. The molecule has 0 amide bonds. The van der Waals surface area contributed by atoms with Crippen LogP contribution in [0.25, 0.3) is 0 Å². The minimum absolute atomic E-state index is 0.148. The van der Waals surface area contributed by atoms with E-state index in [1.54, 1.807) is 32.0 Å². The molecule has 76 valence electrons. The van der Waals surface area contributed by atoms with E-state index in [9.17, 15) is 4.79 Å². The normalized spacial score (nSPS) is 10.2. The van der Waals surface area contributed by atoms with E-state index in [1.807, 2.05) is 0 Å². The van der Waals surface area contributed by atoms with Gasteiger partial charge in [0.05, 0.1) is 11.7 Å². The molecule has 0 unspecified atom stereocenters. The first kappa shape index (κ1) is 10.4. The van der Waals surface area contributed by atoms with Crippen LogP contribution in [0, 0.1) is 0 Å². The van der Waals surface area contributed by atoms with Gasteiger partial charge in [-0.15, -0.1) is 0 Å². The molecule has 0 bridgehead atoms. The number of hydrogen-bond acceptors (Lipinski definition) is 4. The fraction of sp³-hybridized carbons (Fsp3) is 0.300. The Morgan fingerprint density at radius 2 is 1.71 bits per heavy atom. The Bertz CT molecular complexity index is 328. The van der Waals surface area contributed by atoms with Crippen LogP contribution in [0.15, 0.2) is 18.2 Å². The summed E-state index contributed by atoms with van der Waals surface area (Å²) in [5.41, 5.74) is 12.4. The minimum atomic E-state index is -0.404. The van der Waals surface area contributed by atoms with Gasteiger partial charge in [-0.25, -0.2) is 4.79 Å². The molecule has 4 N–H and O–H groups in total. The van der Waals surface area contributed by atoms with Crippen molar-refractivity contribution in [3.63, 3.8) is 0 Å². The molecule has 4 heteroatoms. The van der Waals surface area contributed by atoms with Gasteiger partial charge in [-0.05, 0) is 32.0 Å². The molecule has 0 aromatic heterocycles. The van der Waals surface area contributed by atoms with Gasteiger partial charge < -0.3 is 16.2 Å². The van der Waals surface area contributed by atoms with Crippen molar-refractivity contribution in [3.8, 4) is 0 Å². The summed E-state index contributed by atoms with van der Waals surface area (Å²) in [5, 5.41) is 0. The largest absolute Gasteiger partial charge is 0.459 e. The Morgan fingerprint density at radius 1 is 1.21 bits per heavy atom. The molecule has 1 aromatic rings. The number of nitrogen functional groups attached to an aromatic ring is 2. The fourth-order valence-corrected chi connectivity index (χ4v) is 1.08. The Morgan fingerprint density at radius 3 is 2.14 bits per heavy atom. The number of ether oxygens (including phenoxy) is 1. The molecule has 1 aromatic carbocycles. The van der Waals surface area contributed by atoms with Crippen molar-refractivity contribution in [2.75, 3.05) is 11.5 Å². The Kier molecular flexibility index (Phi) is 2.96. The van der Waals surface area contributed by atoms with E-state index >= 15 is 0 Å². The third kappa shape index (κ3) is 2.65. The lowest BCUT2D eigenvalue weighted by Gasteiger charge is -2.08. The fourth-order valence-electron chi connectivity index (χ4n) is 1.08. The summed E-state index contributed by atoms with van der Waals surface area (Å²) in [5.74, 6) is -0.404. The maximum Gasteiger partial charge on any atom is 0.338 e. The molecule has 0 aliphatic rings. The molecule has 0 spiro atoms. The maximum absolute atomic E-state index is 11.4. The lowest BCUT2D eigenvalue weighted by Crippen LogP contribution is -2.12. The van der Waals surface area contributed by atoms with Crippen molar-refractivity contribution >= 4 is 17.3 Å². The number of hydrogen-bond donors (Lipinski definition) is 2. The van der Waals surface area contributed by atoms with E-state index in [0.29, 0.717) is 16.9 Å². The number of rotatable bonds is 2. The van der Waals surface area contributed by atoms with Crippen LogP contribution < -0.4 is 11.5 Å². The molecule has 0 heterocycles. The van der Waals surface area contributed by atoms with E-state index in [-0.39, 0.29) is 6.10 Å². The third-order valence-electron chi connectivity index (χ3n) is 1.56. The third-order valence-corrected chi connectivity index (χ3v) is 1.56. The van der Waals surface area contributed by atoms with Gasteiger partial charge in [0.15, 0.2) is 0 Å². The first-order chi connectivity index (χ1) is 6.49. The van der Waals surface area contributed by atoms with E-state index in [0.717, 1.165) is 0 Å².